The predicted octanol–water partition coefficient (Wildman–Crippen LogP) is 1.96. The zero-order valence-electron chi connectivity index (χ0n) is 10.4. The van der Waals surface area contributed by atoms with Crippen molar-refractivity contribution < 1.29 is 9.84 Å². The Kier molecular flexibility index (Phi) is 4.02. The first-order valence-electron chi connectivity index (χ1n) is 6.28. The summed E-state index contributed by atoms with van der Waals surface area (Å²) in [7, 11) is 0. The summed E-state index contributed by atoms with van der Waals surface area (Å²) in [4.78, 5) is 0. The third-order valence-electron chi connectivity index (χ3n) is 3.14. The topological polar surface area (TPSA) is 41.5 Å². The van der Waals surface area contributed by atoms with E-state index in [0.29, 0.717) is 12.6 Å². The molecule has 3 heteroatoms. The number of para-hydroxylation sites is 1. The van der Waals surface area contributed by atoms with Gasteiger partial charge in [-0.2, -0.15) is 0 Å². The van der Waals surface area contributed by atoms with Gasteiger partial charge in [-0.3, -0.25) is 0 Å². The number of ether oxygens (including phenoxy) is 1. The lowest BCUT2D eigenvalue weighted by Gasteiger charge is -2.28. The molecule has 1 saturated carbocycles. The summed E-state index contributed by atoms with van der Waals surface area (Å²) in [5.74, 6) is 0.888. The van der Waals surface area contributed by atoms with Crippen molar-refractivity contribution in [3.8, 4) is 5.75 Å². The van der Waals surface area contributed by atoms with Gasteiger partial charge in [0.15, 0.2) is 0 Å². The van der Waals surface area contributed by atoms with Crippen LogP contribution in [0.1, 0.15) is 26.2 Å². The Morgan fingerprint density at radius 2 is 2.06 bits per heavy atom. The summed E-state index contributed by atoms with van der Waals surface area (Å²) in [6.07, 6.45) is 3.28. The van der Waals surface area contributed by atoms with Crippen molar-refractivity contribution in [2.75, 3.05) is 13.2 Å². The van der Waals surface area contributed by atoms with E-state index >= 15 is 0 Å². The highest BCUT2D eigenvalue weighted by Gasteiger charge is 2.31. The third-order valence-corrected chi connectivity index (χ3v) is 3.14. The van der Waals surface area contributed by atoms with Crippen molar-refractivity contribution in [2.45, 2.75) is 37.8 Å². The standard InChI is InChI=1S/C14H21NO2/c1-14(11-16,15-12-7-8-12)9-10-17-13-5-3-2-4-6-13/h2-6,12,15-16H,7-11H2,1H3. The van der Waals surface area contributed by atoms with Gasteiger partial charge in [0.2, 0.25) is 0 Å². The molecule has 17 heavy (non-hydrogen) atoms. The van der Waals surface area contributed by atoms with Gasteiger partial charge in [-0.25, -0.2) is 0 Å². The van der Waals surface area contributed by atoms with E-state index in [-0.39, 0.29) is 12.1 Å². The molecule has 0 radical (unpaired) electrons. The molecule has 1 fully saturated rings. The monoisotopic (exact) mass is 235 g/mol. The van der Waals surface area contributed by atoms with E-state index in [4.69, 9.17) is 4.74 Å². The van der Waals surface area contributed by atoms with Crippen molar-refractivity contribution in [3.05, 3.63) is 30.3 Å². The normalized spacial score (nSPS) is 18.7. The number of nitrogens with one attached hydrogen (secondary N) is 1. The Balaban J connectivity index is 1.75. The van der Waals surface area contributed by atoms with Crippen molar-refractivity contribution in [1.29, 1.82) is 0 Å². The number of hydrogen-bond donors (Lipinski definition) is 2. The fraction of sp³-hybridized carbons (Fsp3) is 0.571. The minimum atomic E-state index is -0.212. The Morgan fingerprint density at radius 1 is 1.35 bits per heavy atom. The first-order valence-corrected chi connectivity index (χ1v) is 6.28. The Hall–Kier alpha value is -1.06. The molecule has 0 amide bonds. The van der Waals surface area contributed by atoms with E-state index in [1.54, 1.807) is 0 Å². The van der Waals surface area contributed by atoms with Gasteiger partial charge in [-0.15, -0.1) is 0 Å². The predicted molar refractivity (Wildman–Crippen MR) is 68.2 cm³/mol. The molecule has 3 nitrogen and oxygen atoms in total. The quantitative estimate of drug-likeness (QED) is 0.759. The maximum Gasteiger partial charge on any atom is 0.119 e. The molecule has 1 aliphatic carbocycles. The highest BCUT2D eigenvalue weighted by molar-refractivity contribution is 5.20. The summed E-state index contributed by atoms with van der Waals surface area (Å²) < 4.78 is 5.65. The van der Waals surface area contributed by atoms with E-state index in [1.807, 2.05) is 30.3 Å². The molecule has 2 N–H and O–H groups in total. The second kappa shape index (κ2) is 5.52. The highest BCUT2D eigenvalue weighted by atomic mass is 16.5. The van der Waals surface area contributed by atoms with E-state index in [2.05, 4.69) is 12.2 Å². The van der Waals surface area contributed by atoms with Gasteiger partial charge < -0.3 is 15.2 Å². The Bertz CT molecular complexity index is 337. The molecule has 2 rings (SSSR count). The van der Waals surface area contributed by atoms with E-state index < -0.39 is 0 Å². The zero-order chi connectivity index (χ0) is 12.1. The average Bonchev–Trinajstić information content (AvgIpc) is 3.14. The van der Waals surface area contributed by atoms with Crippen LogP contribution in [0.5, 0.6) is 5.75 Å². The lowest BCUT2D eigenvalue weighted by molar-refractivity contribution is 0.142. The van der Waals surface area contributed by atoms with Crippen molar-refractivity contribution >= 4 is 0 Å². The molecule has 94 valence electrons. The summed E-state index contributed by atoms with van der Waals surface area (Å²) in [6.45, 7) is 2.84. The van der Waals surface area contributed by atoms with Crippen molar-refractivity contribution in [3.63, 3.8) is 0 Å². The molecule has 1 atom stereocenters. The minimum absolute atomic E-state index is 0.154. The highest BCUT2D eigenvalue weighted by Crippen LogP contribution is 2.24. The Morgan fingerprint density at radius 3 is 2.65 bits per heavy atom. The lowest BCUT2D eigenvalue weighted by Crippen LogP contribution is -2.48. The lowest BCUT2D eigenvalue weighted by atomic mass is 9.99. The van der Waals surface area contributed by atoms with Crippen LogP contribution < -0.4 is 10.1 Å². The van der Waals surface area contributed by atoms with E-state index in [0.717, 1.165) is 12.2 Å². The van der Waals surface area contributed by atoms with E-state index in [9.17, 15) is 5.11 Å². The van der Waals surface area contributed by atoms with Crippen molar-refractivity contribution in [1.82, 2.24) is 5.32 Å². The van der Waals surface area contributed by atoms with Crippen LogP contribution in [0.4, 0.5) is 0 Å². The summed E-state index contributed by atoms with van der Waals surface area (Å²) in [6, 6.07) is 10.4. The number of aliphatic hydroxyl groups excluding tert-OH is 1. The van der Waals surface area contributed by atoms with Crippen LogP contribution >= 0.6 is 0 Å². The number of hydrogen-bond acceptors (Lipinski definition) is 3. The molecule has 1 aromatic carbocycles. The zero-order valence-corrected chi connectivity index (χ0v) is 10.4. The van der Waals surface area contributed by atoms with Crippen LogP contribution in [0.15, 0.2) is 30.3 Å². The molecule has 0 bridgehead atoms. The van der Waals surface area contributed by atoms with Gasteiger partial charge in [0, 0.05) is 18.0 Å². The maximum absolute atomic E-state index is 9.44. The SMILES string of the molecule is CC(CO)(CCOc1ccccc1)NC1CC1. The van der Waals surface area contributed by atoms with Gasteiger partial charge in [-0.1, -0.05) is 18.2 Å². The summed E-state index contributed by atoms with van der Waals surface area (Å²) in [5, 5.41) is 12.9. The minimum Gasteiger partial charge on any atom is -0.494 e. The van der Waals surface area contributed by atoms with Crippen LogP contribution in [0.25, 0.3) is 0 Å². The smallest absolute Gasteiger partial charge is 0.119 e. The van der Waals surface area contributed by atoms with Gasteiger partial charge in [0.05, 0.1) is 13.2 Å². The van der Waals surface area contributed by atoms with Gasteiger partial charge in [0.25, 0.3) is 0 Å². The largest absolute Gasteiger partial charge is 0.494 e. The molecule has 0 heterocycles. The van der Waals surface area contributed by atoms with Crippen LogP contribution in [0, 0.1) is 0 Å². The van der Waals surface area contributed by atoms with Crippen LogP contribution in [-0.4, -0.2) is 29.9 Å². The molecule has 0 aromatic heterocycles. The fourth-order valence-corrected chi connectivity index (χ4v) is 1.83. The summed E-state index contributed by atoms with van der Waals surface area (Å²) >= 11 is 0. The van der Waals surface area contributed by atoms with E-state index in [1.165, 1.54) is 12.8 Å². The van der Waals surface area contributed by atoms with Crippen LogP contribution in [-0.2, 0) is 0 Å². The maximum atomic E-state index is 9.44. The van der Waals surface area contributed by atoms with Gasteiger partial charge in [-0.05, 0) is 31.9 Å². The second-order valence-corrected chi connectivity index (χ2v) is 5.05. The fourth-order valence-electron chi connectivity index (χ4n) is 1.83. The molecule has 0 aliphatic heterocycles. The number of rotatable bonds is 7. The van der Waals surface area contributed by atoms with Crippen LogP contribution in [0.2, 0.25) is 0 Å². The first kappa shape index (κ1) is 12.4. The second-order valence-electron chi connectivity index (χ2n) is 5.05. The first-order chi connectivity index (χ1) is 8.22. The summed E-state index contributed by atoms with van der Waals surface area (Å²) in [5.41, 5.74) is -0.212. The van der Waals surface area contributed by atoms with Gasteiger partial charge in [0.1, 0.15) is 5.75 Å². The van der Waals surface area contributed by atoms with Crippen molar-refractivity contribution in [2.24, 2.45) is 0 Å². The van der Waals surface area contributed by atoms with Gasteiger partial charge >= 0.3 is 0 Å². The molecule has 1 aromatic rings. The number of benzene rings is 1. The van der Waals surface area contributed by atoms with Crippen LogP contribution in [0.3, 0.4) is 0 Å². The molecule has 0 spiro atoms. The molecule has 1 aliphatic rings. The molecular formula is C14H21NO2. The molecule has 0 saturated heterocycles. The Labute approximate surface area is 103 Å². The third kappa shape index (κ3) is 4.02. The average molecular weight is 235 g/mol. The number of aliphatic hydroxyl groups is 1. The molecular weight excluding hydrogens is 214 g/mol. The molecule has 1 unspecified atom stereocenters.